The highest BCUT2D eigenvalue weighted by atomic mass is 32.2. The third kappa shape index (κ3) is 3.36. The molecule has 0 saturated carbocycles. The van der Waals surface area contributed by atoms with Gasteiger partial charge in [-0.25, -0.2) is 4.98 Å². The number of nitrogens with zero attached hydrogens (tertiary/aromatic N) is 3. The Balaban J connectivity index is 2.32. The molecule has 0 amide bonds. The van der Waals surface area contributed by atoms with Crippen LogP contribution in [-0.4, -0.2) is 25.7 Å². The van der Waals surface area contributed by atoms with Crippen molar-refractivity contribution < 1.29 is 9.90 Å². The van der Waals surface area contributed by atoms with E-state index in [-0.39, 0.29) is 4.91 Å². The van der Waals surface area contributed by atoms with Gasteiger partial charge in [-0.2, -0.15) is 0 Å². The molecule has 0 bridgehead atoms. The number of thioether (sulfide) groups is 1. The molecule has 0 saturated heterocycles. The van der Waals surface area contributed by atoms with Crippen LogP contribution in [-0.2, 0) is 18.3 Å². The van der Waals surface area contributed by atoms with E-state index in [0.717, 1.165) is 41.0 Å². The summed E-state index contributed by atoms with van der Waals surface area (Å²) >= 11 is 0.988. The van der Waals surface area contributed by atoms with E-state index in [2.05, 4.69) is 15.2 Å². The molecular formula is C14H17N4O2S-. The zero-order chi connectivity index (χ0) is 15.6. The summed E-state index contributed by atoms with van der Waals surface area (Å²) in [5.41, 5.74) is 2.91. The number of carbonyl (C=O) groups excluding carboxylic acids is 1. The summed E-state index contributed by atoms with van der Waals surface area (Å²) in [4.78, 5) is 15.6. The number of aromatic amines is 1. The second-order valence-electron chi connectivity index (χ2n) is 4.70. The lowest BCUT2D eigenvalue weighted by Crippen LogP contribution is -2.23. The number of hydrogen-bond acceptors (Lipinski definition) is 5. The highest BCUT2D eigenvalue weighted by molar-refractivity contribution is 8.04. The van der Waals surface area contributed by atoms with E-state index in [1.165, 1.54) is 0 Å². The van der Waals surface area contributed by atoms with E-state index in [4.69, 9.17) is 0 Å². The van der Waals surface area contributed by atoms with Crippen molar-refractivity contribution in [2.75, 3.05) is 0 Å². The smallest absolute Gasteiger partial charge is 0.213 e. The molecule has 0 spiro atoms. The van der Waals surface area contributed by atoms with Gasteiger partial charge in [0.1, 0.15) is 5.82 Å². The number of rotatable bonds is 5. The van der Waals surface area contributed by atoms with E-state index < -0.39 is 5.97 Å². The minimum atomic E-state index is -1.23. The Morgan fingerprint density at radius 3 is 2.71 bits per heavy atom. The van der Waals surface area contributed by atoms with Gasteiger partial charge in [-0.05, 0) is 43.3 Å². The number of nitrogens with one attached hydrogen (secondary N) is 1. The van der Waals surface area contributed by atoms with Crippen molar-refractivity contribution in [3.05, 3.63) is 33.7 Å². The van der Waals surface area contributed by atoms with Crippen LogP contribution in [0.1, 0.15) is 29.7 Å². The van der Waals surface area contributed by atoms with E-state index in [0.29, 0.717) is 5.16 Å². The Morgan fingerprint density at radius 1 is 1.52 bits per heavy atom. The molecule has 0 aliphatic heterocycles. The van der Waals surface area contributed by atoms with Crippen molar-refractivity contribution in [1.29, 1.82) is 0 Å². The van der Waals surface area contributed by atoms with Gasteiger partial charge in [-0.1, -0.05) is 6.92 Å². The number of aromatic nitrogens is 4. The standard InChI is InChI=1S/C14H18N4O2S/c1-5-12-15-14(17-16-12)21-11(13(19)20)7-10-6-8(2)18(4)9(10)3/h6-7H,5H2,1-4H3,(H,19,20)(H,15,16,17)/p-1/b11-7-. The van der Waals surface area contributed by atoms with Gasteiger partial charge in [-0.3, -0.25) is 5.10 Å². The van der Waals surface area contributed by atoms with Gasteiger partial charge in [0.05, 0.1) is 5.97 Å². The second kappa shape index (κ2) is 6.17. The summed E-state index contributed by atoms with van der Waals surface area (Å²) in [6.45, 7) is 5.86. The van der Waals surface area contributed by atoms with Crippen LogP contribution < -0.4 is 5.11 Å². The Labute approximate surface area is 127 Å². The molecule has 2 heterocycles. The zero-order valence-electron chi connectivity index (χ0n) is 12.4. The van der Waals surface area contributed by atoms with E-state index in [1.54, 1.807) is 6.08 Å². The van der Waals surface area contributed by atoms with E-state index >= 15 is 0 Å². The van der Waals surface area contributed by atoms with Crippen LogP contribution in [0.4, 0.5) is 0 Å². The molecule has 0 aromatic carbocycles. The Bertz CT molecular complexity index is 700. The number of carbonyl (C=O) groups is 1. The second-order valence-corrected chi connectivity index (χ2v) is 5.71. The van der Waals surface area contributed by atoms with Crippen LogP contribution in [0.5, 0.6) is 0 Å². The van der Waals surface area contributed by atoms with E-state index in [9.17, 15) is 9.90 Å². The van der Waals surface area contributed by atoms with Gasteiger partial charge in [0.2, 0.25) is 5.16 Å². The Kier molecular flexibility index (Phi) is 4.52. The van der Waals surface area contributed by atoms with Crippen LogP contribution in [0.2, 0.25) is 0 Å². The molecule has 2 aromatic heterocycles. The van der Waals surface area contributed by atoms with Crippen molar-refractivity contribution in [3.63, 3.8) is 0 Å². The first-order chi connectivity index (χ1) is 9.92. The van der Waals surface area contributed by atoms with Gasteiger partial charge in [0.25, 0.3) is 0 Å². The lowest BCUT2D eigenvalue weighted by molar-refractivity contribution is -0.297. The molecule has 6 nitrogen and oxygen atoms in total. The normalized spacial score (nSPS) is 11.9. The van der Waals surface area contributed by atoms with Crippen LogP contribution in [0, 0.1) is 13.8 Å². The average Bonchev–Trinajstić information content (AvgIpc) is 2.99. The minimum Gasteiger partial charge on any atom is -0.544 e. The van der Waals surface area contributed by atoms with Crippen molar-refractivity contribution >= 4 is 23.8 Å². The van der Waals surface area contributed by atoms with Gasteiger partial charge >= 0.3 is 0 Å². The Morgan fingerprint density at radius 2 is 2.24 bits per heavy atom. The summed E-state index contributed by atoms with van der Waals surface area (Å²) in [6, 6.07) is 1.94. The van der Waals surface area contributed by atoms with Crippen molar-refractivity contribution in [2.24, 2.45) is 7.05 Å². The third-order valence-electron chi connectivity index (χ3n) is 3.35. The number of aliphatic carboxylic acids is 1. The highest BCUT2D eigenvalue weighted by Gasteiger charge is 2.10. The van der Waals surface area contributed by atoms with Gasteiger partial charge in [-0.15, -0.1) is 5.10 Å². The highest BCUT2D eigenvalue weighted by Crippen LogP contribution is 2.26. The van der Waals surface area contributed by atoms with Crippen molar-refractivity contribution in [1.82, 2.24) is 19.7 Å². The fourth-order valence-corrected chi connectivity index (χ4v) is 2.59. The molecular weight excluding hydrogens is 288 g/mol. The zero-order valence-corrected chi connectivity index (χ0v) is 13.2. The first-order valence-electron chi connectivity index (χ1n) is 6.57. The summed E-state index contributed by atoms with van der Waals surface area (Å²) in [5, 5.41) is 18.4. The molecule has 0 radical (unpaired) electrons. The molecule has 0 aliphatic carbocycles. The lowest BCUT2D eigenvalue weighted by Gasteiger charge is -2.06. The summed E-state index contributed by atoms with van der Waals surface area (Å²) in [7, 11) is 1.94. The molecule has 112 valence electrons. The predicted octanol–water partition coefficient (Wildman–Crippen LogP) is 1.21. The molecule has 2 rings (SSSR count). The molecule has 21 heavy (non-hydrogen) atoms. The SMILES string of the molecule is CCc1nc(S/C(=C\c2cc(C)n(C)c2C)C(=O)[O-])n[nH]1. The van der Waals surface area contributed by atoms with Crippen LogP contribution in [0.3, 0.4) is 0 Å². The summed E-state index contributed by atoms with van der Waals surface area (Å²) in [6.07, 6.45) is 2.32. The lowest BCUT2D eigenvalue weighted by atomic mass is 10.2. The fraction of sp³-hybridized carbons (Fsp3) is 0.357. The first-order valence-corrected chi connectivity index (χ1v) is 7.39. The Hall–Kier alpha value is -2.02. The maximum absolute atomic E-state index is 11.3. The number of carboxylic acid groups (broad SMARTS) is 1. The quantitative estimate of drug-likeness (QED) is 0.662. The largest absolute Gasteiger partial charge is 0.544 e. The third-order valence-corrected chi connectivity index (χ3v) is 4.22. The minimum absolute atomic E-state index is 0.0883. The number of carboxylic acids is 1. The molecule has 0 unspecified atom stereocenters. The van der Waals surface area contributed by atoms with Gasteiger partial charge in [0.15, 0.2) is 0 Å². The number of H-pyrrole nitrogens is 1. The maximum atomic E-state index is 11.3. The van der Waals surface area contributed by atoms with E-state index in [1.807, 2.05) is 38.5 Å². The molecule has 7 heteroatoms. The van der Waals surface area contributed by atoms with Crippen LogP contribution in [0.15, 0.2) is 16.1 Å². The molecule has 0 fully saturated rings. The maximum Gasteiger partial charge on any atom is 0.213 e. The molecule has 0 aliphatic rings. The molecule has 0 atom stereocenters. The van der Waals surface area contributed by atoms with Gasteiger partial charge in [0, 0.05) is 29.8 Å². The fourth-order valence-electron chi connectivity index (χ4n) is 1.88. The number of aryl methyl sites for hydroxylation is 2. The van der Waals surface area contributed by atoms with Crippen LogP contribution in [0.25, 0.3) is 6.08 Å². The molecule has 2 aromatic rings. The first kappa shape index (κ1) is 15.4. The molecule has 1 N–H and O–H groups in total. The monoisotopic (exact) mass is 305 g/mol. The summed E-state index contributed by atoms with van der Waals surface area (Å²) in [5.74, 6) is -0.509. The van der Waals surface area contributed by atoms with Crippen molar-refractivity contribution in [3.8, 4) is 0 Å². The summed E-state index contributed by atoms with van der Waals surface area (Å²) < 4.78 is 2.01. The van der Waals surface area contributed by atoms with Crippen LogP contribution >= 0.6 is 11.8 Å². The predicted molar refractivity (Wildman–Crippen MR) is 79.5 cm³/mol. The van der Waals surface area contributed by atoms with Crippen molar-refractivity contribution in [2.45, 2.75) is 32.3 Å². The van der Waals surface area contributed by atoms with Gasteiger partial charge < -0.3 is 14.5 Å². The average molecular weight is 305 g/mol. The number of hydrogen-bond donors (Lipinski definition) is 1. The topological polar surface area (TPSA) is 86.6 Å².